The zero-order valence-electron chi connectivity index (χ0n) is 18.0. The molecule has 0 spiro atoms. The topological polar surface area (TPSA) is 54.8 Å². The van der Waals surface area contributed by atoms with Crippen LogP contribution in [0.15, 0.2) is 112 Å². The van der Waals surface area contributed by atoms with Gasteiger partial charge in [0.1, 0.15) is 11.3 Å². The van der Waals surface area contributed by atoms with Gasteiger partial charge in [0.05, 0.1) is 23.7 Å². The SMILES string of the molecule is Brc1ccn2cc(-c3ccccc3)nc2c1.C.OCc1c(-c2ccccc2)nc2cc(Br)ccn12. The Morgan fingerprint density at radius 3 is 1.97 bits per heavy atom. The molecular weight excluding hydrogens is 568 g/mol. The Morgan fingerprint density at radius 1 is 0.714 bits per heavy atom. The Bertz CT molecular complexity index is 1560. The van der Waals surface area contributed by atoms with Crippen LogP contribution in [-0.4, -0.2) is 23.9 Å². The minimum Gasteiger partial charge on any atom is -0.390 e. The van der Waals surface area contributed by atoms with Gasteiger partial charge in [0.15, 0.2) is 0 Å². The molecule has 6 aromatic rings. The summed E-state index contributed by atoms with van der Waals surface area (Å²) < 4.78 is 5.95. The van der Waals surface area contributed by atoms with Crippen LogP contribution in [0.3, 0.4) is 0 Å². The lowest BCUT2D eigenvalue weighted by molar-refractivity contribution is 0.276. The number of hydrogen-bond acceptors (Lipinski definition) is 3. The van der Waals surface area contributed by atoms with E-state index < -0.39 is 0 Å². The lowest BCUT2D eigenvalue weighted by Crippen LogP contribution is -1.93. The second-order valence-electron chi connectivity index (χ2n) is 7.61. The quantitative estimate of drug-likeness (QED) is 0.230. The molecule has 4 heterocycles. The zero-order valence-corrected chi connectivity index (χ0v) is 21.2. The highest BCUT2D eigenvalue weighted by atomic mass is 79.9. The molecule has 4 aromatic heterocycles. The third-order valence-corrected chi connectivity index (χ3v) is 6.36. The lowest BCUT2D eigenvalue weighted by Gasteiger charge is -2.01. The highest BCUT2D eigenvalue weighted by Crippen LogP contribution is 2.26. The maximum atomic E-state index is 9.56. The van der Waals surface area contributed by atoms with Crippen molar-refractivity contribution in [1.29, 1.82) is 0 Å². The second kappa shape index (κ2) is 11.0. The van der Waals surface area contributed by atoms with Crippen LogP contribution >= 0.6 is 31.9 Å². The predicted octanol–water partition coefficient (Wildman–Crippen LogP) is 7.66. The van der Waals surface area contributed by atoms with E-state index in [4.69, 9.17) is 0 Å². The number of nitrogens with zero attached hydrogens (tertiary/aromatic N) is 4. The normalized spacial score (nSPS) is 10.6. The van der Waals surface area contributed by atoms with E-state index in [1.165, 1.54) is 0 Å². The molecule has 5 nitrogen and oxygen atoms in total. The predicted molar refractivity (Wildman–Crippen MR) is 149 cm³/mol. The molecule has 0 unspecified atom stereocenters. The smallest absolute Gasteiger partial charge is 0.138 e. The van der Waals surface area contributed by atoms with Gasteiger partial charge in [-0.1, -0.05) is 100.0 Å². The molecule has 176 valence electrons. The van der Waals surface area contributed by atoms with Crippen molar-refractivity contribution < 1.29 is 5.11 Å². The summed E-state index contributed by atoms with van der Waals surface area (Å²) in [6.07, 6.45) is 5.94. The molecule has 0 bridgehead atoms. The Balaban J connectivity index is 0.000000161. The number of imidazole rings is 2. The number of rotatable bonds is 3. The van der Waals surface area contributed by atoms with Gasteiger partial charge in [-0.25, -0.2) is 9.97 Å². The molecule has 0 atom stereocenters. The van der Waals surface area contributed by atoms with Crippen LogP contribution in [0.4, 0.5) is 0 Å². The molecule has 0 aliphatic rings. The van der Waals surface area contributed by atoms with E-state index in [1.54, 1.807) is 0 Å². The number of aromatic nitrogens is 4. The van der Waals surface area contributed by atoms with Gasteiger partial charge in [0, 0.05) is 38.7 Å². The molecule has 0 saturated heterocycles. The van der Waals surface area contributed by atoms with Crippen molar-refractivity contribution in [3.8, 4) is 22.5 Å². The summed E-state index contributed by atoms with van der Waals surface area (Å²) >= 11 is 6.87. The first-order valence-electron chi connectivity index (χ1n) is 10.6. The third-order valence-electron chi connectivity index (χ3n) is 5.38. The van der Waals surface area contributed by atoms with Gasteiger partial charge >= 0.3 is 0 Å². The molecule has 0 saturated carbocycles. The molecule has 0 radical (unpaired) electrons. The van der Waals surface area contributed by atoms with Crippen molar-refractivity contribution in [2.75, 3.05) is 0 Å². The van der Waals surface area contributed by atoms with Gasteiger partial charge in [0.25, 0.3) is 0 Å². The van der Waals surface area contributed by atoms with Gasteiger partial charge in [0.2, 0.25) is 0 Å². The molecule has 1 N–H and O–H groups in total. The maximum Gasteiger partial charge on any atom is 0.138 e. The molecule has 0 aliphatic heterocycles. The molecule has 0 aliphatic carbocycles. The van der Waals surface area contributed by atoms with Crippen LogP contribution in [-0.2, 0) is 6.61 Å². The van der Waals surface area contributed by atoms with Crippen molar-refractivity contribution in [3.05, 3.63) is 118 Å². The van der Waals surface area contributed by atoms with E-state index in [0.717, 1.165) is 48.4 Å². The highest BCUT2D eigenvalue weighted by Gasteiger charge is 2.12. The van der Waals surface area contributed by atoms with Crippen molar-refractivity contribution >= 4 is 43.2 Å². The fourth-order valence-corrected chi connectivity index (χ4v) is 4.40. The number of benzene rings is 2. The first-order chi connectivity index (χ1) is 16.6. The summed E-state index contributed by atoms with van der Waals surface area (Å²) in [5.41, 5.74) is 6.57. The minimum atomic E-state index is -0.0347. The summed E-state index contributed by atoms with van der Waals surface area (Å²) in [6.45, 7) is -0.0347. The van der Waals surface area contributed by atoms with E-state index in [-0.39, 0.29) is 14.0 Å². The largest absolute Gasteiger partial charge is 0.390 e. The van der Waals surface area contributed by atoms with Crippen molar-refractivity contribution in [1.82, 2.24) is 18.8 Å². The van der Waals surface area contributed by atoms with Crippen molar-refractivity contribution in [3.63, 3.8) is 0 Å². The highest BCUT2D eigenvalue weighted by molar-refractivity contribution is 9.10. The van der Waals surface area contributed by atoms with Crippen LogP contribution in [0.2, 0.25) is 0 Å². The standard InChI is InChI=1S/C14H11BrN2O.C13H9BrN2.CH4/c15-11-6-7-17-12(9-18)14(16-13(17)8-11)10-4-2-1-3-5-10;14-11-6-7-16-9-12(15-13(16)8-11)10-4-2-1-3-5-10;/h1-8,18H,9H2;1-9H;1H4. The fourth-order valence-electron chi connectivity index (χ4n) is 3.75. The average Bonchev–Trinajstić information content (AvgIpc) is 3.46. The maximum absolute atomic E-state index is 9.56. The number of hydrogen-bond donors (Lipinski definition) is 1. The van der Waals surface area contributed by atoms with E-state index >= 15 is 0 Å². The number of aliphatic hydroxyl groups excluding tert-OH is 1. The summed E-state index contributed by atoms with van der Waals surface area (Å²) in [5, 5.41) is 9.56. The van der Waals surface area contributed by atoms with Crippen molar-refractivity contribution in [2.24, 2.45) is 0 Å². The molecule has 7 heteroatoms. The van der Waals surface area contributed by atoms with Gasteiger partial charge in [-0.2, -0.15) is 0 Å². The summed E-state index contributed by atoms with van der Waals surface area (Å²) in [7, 11) is 0. The molecule has 0 amide bonds. The van der Waals surface area contributed by atoms with Crippen LogP contribution in [0, 0.1) is 0 Å². The second-order valence-corrected chi connectivity index (χ2v) is 9.44. The van der Waals surface area contributed by atoms with Crippen LogP contribution < -0.4 is 0 Å². The van der Waals surface area contributed by atoms with E-state index in [9.17, 15) is 5.11 Å². The van der Waals surface area contributed by atoms with E-state index in [2.05, 4.69) is 54.0 Å². The lowest BCUT2D eigenvalue weighted by atomic mass is 10.1. The molecular formula is C28H24Br2N4O. The zero-order chi connectivity index (χ0) is 23.5. The summed E-state index contributed by atoms with van der Waals surface area (Å²) in [6, 6.07) is 28.0. The van der Waals surface area contributed by atoms with Crippen LogP contribution in [0.5, 0.6) is 0 Å². The number of aliphatic hydroxyl groups is 1. The van der Waals surface area contributed by atoms with Crippen LogP contribution in [0.1, 0.15) is 13.1 Å². The number of halogens is 2. The minimum absolute atomic E-state index is 0. The number of pyridine rings is 2. The monoisotopic (exact) mass is 590 g/mol. The van der Waals surface area contributed by atoms with E-state index in [1.807, 2.05) is 100 Å². The first-order valence-corrected chi connectivity index (χ1v) is 12.2. The van der Waals surface area contributed by atoms with Gasteiger partial charge in [-0.3, -0.25) is 0 Å². The molecule has 6 rings (SSSR count). The van der Waals surface area contributed by atoms with E-state index in [0.29, 0.717) is 0 Å². The fraction of sp³-hybridized carbons (Fsp3) is 0.0714. The molecule has 2 aromatic carbocycles. The molecule has 0 fully saturated rings. The van der Waals surface area contributed by atoms with Gasteiger partial charge in [-0.05, 0) is 24.3 Å². The average molecular weight is 592 g/mol. The first kappa shape index (κ1) is 24.9. The Labute approximate surface area is 221 Å². The molecule has 35 heavy (non-hydrogen) atoms. The Hall–Kier alpha value is -3.26. The van der Waals surface area contributed by atoms with Crippen LogP contribution in [0.25, 0.3) is 33.8 Å². The van der Waals surface area contributed by atoms with Gasteiger partial charge < -0.3 is 13.9 Å². The van der Waals surface area contributed by atoms with Crippen molar-refractivity contribution in [2.45, 2.75) is 14.0 Å². The Morgan fingerprint density at radius 2 is 1.31 bits per heavy atom. The third kappa shape index (κ3) is 5.37. The summed E-state index contributed by atoms with van der Waals surface area (Å²) in [5.74, 6) is 0. The van der Waals surface area contributed by atoms with Gasteiger partial charge in [-0.15, -0.1) is 0 Å². The number of fused-ring (bicyclic) bond motifs is 2. The Kier molecular flexibility index (Phi) is 7.80. The summed E-state index contributed by atoms with van der Waals surface area (Å²) in [4.78, 5) is 9.16.